The van der Waals surface area contributed by atoms with E-state index in [9.17, 15) is 8.78 Å². The van der Waals surface area contributed by atoms with Crippen LogP contribution in [0, 0.1) is 6.92 Å². The van der Waals surface area contributed by atoms with E-state index in [1.807, 2.05) is 31.2 Å². The first-order chi connectivity index (χ1) is 9.60. The van der Waals surface area contributed by atoms with Crippen molar-refractivity contribution >= 4 is 5.69 Å². The lowest BCUT2D eigenvalue weighted by atomic mass is 10.1. The highest BCUT2D eigenvalue weighted by Crippen LogP contribution is 2.23. The van der Waals surface area contributed by atoms with E-state index < -0.39 is 6.43 Å². The quantitative estimate of drug-likeness (QED) is 0.865. The average molecular weight is 277 g/mol. The SMILES string of the molecule is COc1ccc(NCc2cccc(C(F)F)c2)cc1C. The topological polar surface area (TPSA) is 21.3 Å². The summed E-state index contributed by atoms with van der Waals surface area (Å²) in [5.74, 6) is 0.829. The van der Waals surface area contributed by atoms with Crippen LogP contribution in [-0.4, -0.2) is 7.11 Å². The fourth-order valence-electron chi connectivity index (χ4n) is 2.03. The molecule has 2 nitrogen and oxygen atoms in total. The zero-order valence-corrected chi connectivity index (χ0v) is 11.5. The van der Waals surface area contributed by atoms with Gasteiger partial charge in [-0.15, -0.1) is 0 Å². The maximum atomic E-state index is 12.6. The Hall–Kier alpha value is -2.10. The molecule has 4 heteroatoms. The summed E-state index contributed by atoms with van der Waals surface area (Å²) in [6.07, 6.45) is -2.43. The van der Waals surface area contributed by atoms with E-state index in [0.717, 1.165) is 22.6 Å². The summed E-state index contributed by atoms with van der Waals surface area (Å²) in [5, 5.41) is 3.22. The third-order valence-electron chi connectivity index (χ3n) is 3.09. The molecule has 0 amide bonds. The molecule has 0 aliphatic heterocycles. The third kappa shape index (κ3) is 3.47. The van der Waals surface area contributed by atoms with Gasteiger partial charge in [0, 0.05) is 17.8 Å². The number of halogens is 2. The molecule has 0 bridgehead atoms. The number of benzene rings is 2. The monoisotopic (exact) mass is 277 g/mol. The van der Waals surface area contributed by atoms with Crippen molar-refractivity contribution in [1.82, 2.24) is 0 Å². The average Bonchev–Trinajstić information content (AvgIpc) is 2.45. The largest absolute Gasteiger partial charge is 0.496 e. The predicted octanol–water partition coefficient (Wildman–Crippen LogP) is 4.55. The van der Waals surface area contributed by atoms with Crippen molar-refractivity contribution in [3.8, 4) is 5.75 Å². The lowest BCUT2D eigenvalue weighted by Gasteiger charge is -2.10. The van der Waals surface area contributed by atoms with E-state index in [-0.39, 0.29) is 5.56 Å². The van der Waals surface area contributed by atoms with Gasteiger partial charge in [0.05, 0.1) is 7.11 Å². The molecular formula is C16H17F2NO. The number of hydrogen-bond acceptors (Lipinski definition) is 2. The molecule has 0 aliphatic carbocycles. The summed E-state index contributed by atoms with van der Waals surface area (Å²) in [4.78, 5) is 0. The van der Waals surface area contributed by atoms with Crippen LogP contribution in [-0.2, 0) is 6.54 Å². The van der Waals surface area contributed by atoms with Crippen molar-refractivity contribution in [3.63, 3.8) is 0 Å². The Morgan fingerprint density at radius 2 is 1.95 bits per heavy atom. The lowest BCUT2D eigenvalue weighted by molar-refractivity contribution is 0.151. The van der Waals surface area contributed by atoms with E-state index in [1.165, 1.54) is 12.1 Å². The van der Waals surface area contributed by atoms with Gasteiger partial charge in [-0.25, -0.2) is 8.78 Å². The van der Waals surface area contributed by atoms with Crippen molar-refractivity contribution < 1.29 is 13.5 Å². The highest BCUT2D eigenvalue weighted by Gasteiger charge is 2.07. The van der Waals surface area contributed by atoms with Gasteiger partial charge in [-0.2, -0.15) is 0 Å². The molecular weight excluding hydrogens is 260 g/mol. The molecule has 0 radical (unpaired) electrons. The van der Waals surface area contributed by atoms with Gasteiger partial charge >= 0.3 is 0 Å². The van der Waals surface area contributed by atoms with Crippen LogP contribution in [0.5, 0.6) is 5.75 Å². The van der Waals surface area contributed by atoms with E-state index in [4.69, 9.17) is 4.74 Å². The maximum absolute atomic E-state index is 12.6. The number of aryl methyl sites for hydroxylation is 1. The summed E-state index contributed by atoms with van der Waals surface area (Å²) in [7, 11) is 1.63. The molecule has 2 aromatic rings. The van der Waals surface area contributed by atoms with Crippen LogP contribution in [0.4, 0.5) is 14.5 Å². The van der Waals surface area contributed by atoms with Crippen LogP contribution in [0.3, 0.4) is 0 Å². The van der Waals surface area contributed by atoms with Crippen LogP contribution in [0.1, 0.15) is 23.1 Å². The van der Waals surface area contributed by atoms with Gasteiger partial charge in [0.2, 0.25) is 0 Å². The van der Waals surface area contributed by atoms with E-state index in [0.29, 0.717) is 6.54 Å². The Morgan fingerprint density at radius 3 is 2.60 bits per heavy atom. The standard InChI is InChI=1S/C16H17F2NO/c1-11-8-14(6-7-15(11)20-2)19-10-12-4-3-5-13(9-12)16(17)18/h3-9,16,19H,10H2,1-2H3. The summed E-state index contributed by atoms with van der Waals surface area (Å²) in [5.41, 5.74) is 2.84. The van der Waals surface area contributed by atoms with Gasteiger partial charge in [0.15, 0.2) is 0 Å². The van der Waals surface area contributed by atoms with Crippen molar-refractivity contribution in [1.29, 1.82) is 0 Å². The molecule has 2 aromatic carbocycles. The molecule has 0 saturated heterocycles. The van der Waals surface area contributed by atoms with Gasteiger partial charge in [0.25, 0.3) is 6.43 Å². The summed E-state index contributed by atoms with van der Waals surface area (Å²) in [6.45, 7) is 2.47. The fraction of sp³-hybridized carbons (Fsp3) is 0.250. The minimum atomic E-state index is -2.43. The Morgan fingerprint density at radius 1 is 1.15 bits per heavy atom. The van der Waals surface area contributed by atoms with Crippen molar-refractivity contribution in [2.75, 3.05) is 12.4 Å². The van der Waals surface area contributed by atoms with Crippen LogP contribution >= 0.6 is 0 Å². The van der Waals surface area contributed by atoms with Gasteiger partial charge in [0.1, 0.15) is 5.75 Å². The van der Waals surface area contributed by atoms with Crippen LogP contribution < -0.4 is 10.1 Å². The second-order valence-electron chi connectivity index (χ2n) is 4.58. The number of ether oxygens (including phenoxy) is 1. The van der Waals surface area contributed by atoms with Crippen LogP contribution in [0.2, 0.25) is 0 Å². The van der Waals surface area contributed by atoms with Crippen LogP contribution in [0.15, 0.2) is 42.5 Å². The normalized spacial score (nSPS) is 10.7. The minimum absolute atomic E-state index is 0.0511. The first kappa shape index (κ1) is 14.3. The van der Waals surface area contributed by atoms with E-state index in [2.05, 4.69) is 5.32 Å². The molecule has 106 valence electrons. The first-order valence-electron chi connectivity index (χ1n) is 6.35. The molecule has 0 fully saturated rings. The minimum Gasteiger partial charge on any atom is -0.496 e. The van der Waals surface area contributed by atoms with Crippen LogP contribution in [0.25, 0.3) is 0 Å². The third-order valence-corrected chi connectivity index (χ3v) is 3.09. The number of rotatable bonds is 5. The molecule has 0 aromatic heterocycles. The smallest absolute Gasteiger partial charge is 0.263 e. The summed E-state index contributed by atoms with van der Waals surface area (Å²) >= 11 is 0. The van der Waals surface area contributed by atoms with Gasteiger partial charge in [-0.3, -0.25) is 0 Å². The lowest BCUT2D eigenvalue weighted by Crippen LogP contribution is -2.00. The van der Waals surface area contributed by atoms with Crippen molar-refractivity contribution in [2.45, 2.75) is 19.9 Å². The summed E-state index contributed by atoms with van der Waals surface area (Å²) in [6, 6.07) is 12.2. The Bertz CT molecular complexity index is 584. The Labute approximate surface area is 117 Å². The molecule has 1 N–H and O–H groups in total. The number of alkyl halides is 2. The number of anilines is 1. The predicted molar refractivity (Wildman–Crippen MR) is 76.5 cm³/mol. The van der Waals surface area contributed by atoms with Crippen molar-refractivity contribution in [3.05, 3.63) is 59.2 Å². The maximum Gasteiger partial charge on any atom is 0.263 e. The second kappa shape index (κ2) is 6.37. The zero-order valence-electron chi connectivity index (χ0n) is 11.5. The van der Waals surface area contributed by atoms with Gasteiger partial charge < -0.3 is 10.1 Å². The number of hydrogen-bond donors (Lipinski definition) is 1. The molecule has 0 atom stereocenters. The fourth-order valence-corrected chi connectivity index (χ4v) is 2.03. The molecule has 0 heterocycles. The molecule has 0 spiro atoms. The highest BCUT2D eigenvalue weighted by atomic mass is 19.3. The molecule has 0 aliphatic rings. The molecule has 0 saturated carbocycles. The van der Waals surface area contributed by atoms with Gasteiger partial charge in [-0.1, -0.05) is 18.2 Å². The van der Waals surface area contributed by atoms with E-state index in [1.54, 1.807) is 13.2 Å². The molecule has 20 heavy (non-hydrogen) atoms. The van der Waals surface area contributed by atoms with Gasteiger partial charge in [-0.05, 0) is 42.3 Å². The number of nitrogens with one attached hydrogen (secondary N) is 1. The van der Waals surface area contributed by atoms with Crippen molar-refractivity contribution in [2.24, 2.45) is 0 Å². The zero-order chi connectivity index (χ0) is 14.5. The highest BCUT2D eigenvalue weighted by molar-refractivity contribution is 5.51. The molecule has 0 unspecified atom stereocenters. The Balaban J connectivity index is 2.05. The number of methoxy groups -OCH3 is 1. The van der Waals surface area contributed by atoms with E-state index >= 15 is 0 Å². The molecule has 2 rings (SSSR count). The Kier molecular flexibility index (Phi) is 4.56. The second-order valence-corrected chi connectivity index (χ2v) is 4.58. The first-order valence-corrected chi connectivity index (χ1v) is 6.35. The summed E-state index contributed by atoms with van der Waals surface area (Å²) < 4.78 is 30.4.